The van der Waals surface area contributed by atoms with E-state index in [1.54, 1.807) is 12.1 Å². The molecule has 0 radical (unpaired) electrons. The predicted molar refractivity (Wildman–Crippen MR) is 67.6 cm³/mol. The number of piperidine rings is 1. The van der Waals surface area contributed by atoms with Crippen LogP contribution in [0.1, 0.15) is 28.8 Å². The van der Waals surface area contributed by atoms with Gasteiger partial charge in [0.25, 0.3) is 11.8 Å². The SMILES string of the molecule is NNC(=O)c1ccc(CN2CCC(F)(F)CC2)cc1. The van der Waals surface area contributed by atoms with Gasteiger partial charge in [0.15, 0.2) is 0 Å². The van der Waals surface area contributed by atoms with Gasteiger partial charge in [-0.1, -0.05) is 12.1 Å². The molecule has 1 heterocycles. The molecule has 3 N–H and O–H groups in total. The first-order chi connectivity index (χ1) is 9.00. The molecule has 1 aliphatic heterocycles. The second kappa shape index (κ2) is 5.63. The molecule has 0 bridgehead atoms. The van der Waals surface area contributed by atoms with E-state index < -0.39 is 5.92 Å². The number of nitrogens with two attached hydrogens (primary N) is 1. The predicted octanol–water partition coefficient (Wildman–Crippen LogP) is 1.52. The number of nitrogens with zero attached hydrogens (tertiary/aromatic N) is 1. The molecular formula is C13H17F2N3O. The summed E-state index contributed by atoms with van der Waals surface area (Å²) in [6.07, 6.45) is -0.165. The summed E-state index contributed by atoms with van der Waals surface area (Å²) >= 11 is 0. The Labute approximate surface area is 110 Å². The molecule has 0 unspecified atom stereocenters. The summed E-state index contributed by atoms with van der Waals surface area (Å²) in [5.74, 6) is 2.18. The van der Waals surface area contributed by atoms with Gasteiger partial charge in [0.2, 0.25) is 0 Å². The molecule has 0 spiro atoms. The van der Waals surface area contributed by atoms with Crippen LogP contribution in [0.3, 0.4) is 0 Å². The zero-order valence-corrected chi connectivity index (χ0v) is 10.5. The molecule has 1 aliphatic rings. The van der Waals surface area contributed by atoms with E-state index in [9.17, 15) is 13.6 Å². The maximum atomic E-state index is 13.0. The first-order valence-electron chi connectivity index (χ1n) is 6.20. The van der Waals surface area contributed by atoms with Crippen molar-refractivity contribution in [3.63, 3.8) is 0 Å². The maximum Gasteiger partial charge on any atom is 0.265 e. The Morgan fingerprint density at radius 1 is 1.26 bits per heavy atom. The molecule has 1 aromatic carbocycles. The van der Waals surface area contributed by atoms with Crippen LogP contribution in [0.2, 0.25) is 0 Å². The number of hydrogen-bond donors (Lipinski definition) is 2. The normalized spacial score (nSPS) is 19.1. The van der Waals surface area contributed by atoms with Crippen LogP contribution in [-0.2, 0) is 6.54 Å². The second-order valence-corrected chi connectivity index (χ2v) is 4.80. The molecule has 104 valence electrons. The molecule has 1 saturated heterocycles. The average molecular weight is 269 g/mol. The highest BCUT2D eigenvalue weighted by Gasteiger charge is 2.33. The van der Waals surface area contributed by atoms with Crippen molar-refractivity contribution in [2.75, 3.05) is 13.1 Å². The highest BCUT2D eigenvalue weighted by Crippen LogP contribution is 2.28. The summed E-state index contributed by atoms with van der Waals surface area (Å²) in [7, 11) is 0. The van der Waals surface area contributed by atoms with Crippen molar-refractivity contribution in [1.29, 1.82) is 0 Å². The lowest BCUT2D eigenvalue weighted by Gasteiger charge is -2.31. The lowest BCUT2D eigenvalue weighted by molar-refractivity contribution is -0.0566. The Morgan fingerprint density at radius 2 is 1.84 bits per heavy atom. The fourth-order valence-electron chi connectivity index (χ4n) is 2.14. The average Bonchev–Trinajstić information content (AvgIpc) is 2.41. The summed E-state index contributed by atoms with van der Waals surface area (Å²) in [4.78, 5) is 13.3. The van der Waals surface area contributed by atoms with Crippen molar-refractivity contribution in [3.8, 4) is 0 Å². The Morgan fingerprint density at radius 3 is 2.37 bits per heavy atom. The molecule has 4 nitrogen and oxygen atoms in total. The van der Waals surface area contributed by atoms with E-state index in [0.29, 0.717) is 25.2 Å². The molecule has 0 saturated carbocycles. The fraction of sp³-hybridized carbons (Fsp3) is 0.462. The molecular weight excluding hydrogens is 252 g/mol. The number of hydrogen-bond acceptors (Lipinski definition) is 3. The summed E-state index contributed by atoms with van der Waals surface area (Å²) < 4.78 is 26.0. The Balaban J connectivity index is 1.92. The van der Waals surface area contributed by atoms with Crippen molar-refractivity contribution >= 4 is 5.91 Å². The molecule has 0 atom stereocenters. The van der Waals surface area contributed by atoms with Gasteiger partial charge in [0.1, 0.15) is 0 Å². The minimum atomic E-state index is -2.51. The third kappa shape index (κ3) is 3.71. The van der Waals surface area contributed by atoms with E-state index in [0.717, 1.165) is 5.56 Å². The van der Waals surface area contributed by atoms with Crippen molar-refractivity contribution in [3.05, 3.63) is 35.4 Å². The van der Waals surface area contributed by atoms with Crippen molar-refractivity contribution in [2.45, 2.75) is 25.3 Å². The highest BCUT2D eigenvalue weighted by atomic mass is 19.3. The molecule has 1 fully saturated rings. The van der Waals surface area contributed by atoms with Crippen LogP contribution in [0.4, 0.5) is 8.78 Å². The Bertz CT molecular complexity index is 438. The molecule has 1 amide bonds. The zero-order chi connectivity index (χ0) is 13.9. The molecule has 0 aromatic heterocycles. The van der Waals surface area contributed by atoms with E-state index in [2.05, 4.69) is 5.43 Å². The van der Waals surface area contributed by atoms with Gasteiger partial charge in [0.05, 0.1) is 0 Å². The largest absolute Gasteiger partial charge is 0.299 e. The quantitative estimate of drug-likeness (QED) is 0.497. The molecule has 0 aliphatic carbocycles. The van der Waals surface area contributed by atoms with Crippen LogP contribution in [0.15, 0.2) is 24.3 Å². The lowest BCUT2D eigenvalue weighted by Crippen LogP contribution is -2.38. The zero-order valence-electron chi connectivity index (χ0n) is 10.5. The minimum absolute atomic E-state index is 0.0827. The first-order valence-corrected chi connectivity index (χ1v) is 6.20. The van der Waals surface area contributed by atoms with Gasteiger partial charge in [-0.2, -0.15) is 0 Å². The monoisotopic (exact) mass is 269 g/mol. The standard InChI is InChI=1S/C13H17F2N3O/c14-13(15)5-7-18(8-6-13)9-10-1-3-11(4-2-10)12(19)17-16/h1-4H,5-9,16H2,(H,17,19). The first kappa shape index (κ1) is 13.9. The summed E-state index contributed by atoms with van der Waals surface area (Å²) in [6, 6.07) is 6.99. The number of rotatable bonds is 3. The van der Waals surface area contributed by atoms with Crippen LogP contribution in [0.5, 0.6) is 0 Å². The number of halogens is 2. The summed E-state index contributed by atoms with van der Waals surface area (Å²) in [6.45, 7) is 1.43. The summed E-state index contributed by atoms with van der Waals surface area (Å²) in [5.41, 5.74) is 3.54. The van der Waals surface area contributed by atoms with E-state index in [4.69, 9.17) is 5.84 Å². The van der Waals surface area contributed by atoms with Gasteiger partial charge in [-0.25, -0.2) is 14.6 Å². The number of carbonyl (C=O) groups excluding carboxylic acids is 1. The number of hydrazine groups is 1. The molecule has 2 rings (SSSR count). The van der Waals surface area contributed by atoms with E-state index in [1.807, 2.05) is 17.0 Å². The topological polar surface area (TPSA) is 58.4 Å². The number of amides is 1. The van der Waals surface area contributed by atoms with Crippen molar-refractivity contribution in [2.24, 2.45) is 5.84 Å². The summed E-state index contributed by atoms with van der Waals surface area (Å²) in [5, 5.41) is 0. The van der Waals surface area contributed by atoms with Gasteiger partial charge >= 0.3 is 0 Å². The molecule has 1 aromatic rings. The number of likely N-dealkylation sites (tertiary alicyclic amines) is 1. The van der Waals surface area contributed by atoms with Crippen LogP contribution in [0.25, 0.3) is 0 Å². The van der Waals surface area contributed by atoms with Crippen LogP contribution in [0, 0.1) is 0 Å². The van der Waals surface area contributed by atoms with Crippen LogP contribution in [-0.4, -0.2) is 29.8 Å². The molecule has 19 heavy (non-hydrogen) atoms. The third-order valence-electron chi connectivity index (χ3n) is 3.34. The van der Waals surface area contributed by atoms with E-state index in [-0.39, 0.29) is 18.7 Å². The highest BCUT2D eigenvalue weighted by molar-refractivity contribution is 5.93. The third-order valence-corrected chi connectivity index (χ3v) is 3.34. The smallest absolute Gasteiger partial charge is 0.265 e. The fourth-order valence-corrected chi connectivity index (χ4v) is 2.14. The van der Waals surface area contributed by atoms with Gasteiger partial charge < -0.3 is 0 Å². The number of nitrogens with one attached hydrogen (secondary N) is 1. The van der Waals surface area contributed by atoms with E-state index >= 15 is 0 Å². The number of benzene rings is 1. The second-order valence-electron chi connectivity index (χ2n) is 4.80. The minimum Gasteiger partial charge on any atom is -0.299 e. The van der Waals surface area contributed by atoms with Crippen LogP contribution >= 0.6 is 0 Å². The Hall–Kier alpha value is -1.53. The number of nitrogen functional groups attached to an aromatic ring is 1. The maximum absolute atomic E-state index is 13.0. The van der Waals surface area contributed by atoms with Gasteiger partial charge in [-0.3, -0.25) is 15.1 Å². The molecule has 6 heteroatoms. The van der Waals surface area contributed by atoms with E-state index in [1.165, 1.54) is 0 Å². The van der Waals surface area contributed by atoms with Crippen molar-refractivity contribution < 1.29 is 13.6 Å². The Kier molecular flexibility index (Phi) is 4.11. The van der Waals surface area contributed by atoms with Gasteiger partial charge in [0, 0.05) is 38.0 Å². The van der Waals surface area contributed by atoms with Gasteiger partial charge in [-0.05, 0) is 17.7 Å². The number of alkyl halides is 2. The van der Waals surface area contributed by atoms with Crippen molar-refractivity contribution in [1.82, 2.24) is 10.3 Å². The lowest BCUT2D eigenvalue weighted by atomic mass is 10.1. The van der Waals surface area contributed by atoms with Crippen LogP contribution < -0.4 is 11.3 Å². The van der Waals surface area contributed by atoms with Gasteiger partial charge in [-0.15, -0.1) is 0 Å². The number of carbonyl (C=O) groups is 1.